The van der Waals surface area contributed by atoms with Crippen LogP contribution in [0.15, 0.2) is 41.3 Å². The molecule has 1 fully saturated rings. The van der Waals surface area contributed by atoms with Crippen molar-refractivity contribution in [3.8, 4) is 5.75 Å². The lowest BCUT2D eigenvalue weighted by Crippen LogP contribution is -2.34. The number of carbonyl (C=O) groups is 2. The summed E-state index contributed by atoms with van der Waals surface area (Å²) < 4.78 is 6.77. The zero-order valence-corrected chi connectivity index (χ0v) is 17.2. The maximum Gasteiger partial charge on any atom is 0.263 e. The average Bonchev–Trinajstić information content (AvgIpc) is 3.51. The number of aliphatic hydroxyl groups excluding tert-OH is 1. The van der Waals surface area contributed by atoms with Crippen LogP contribution in [-0.2, 0) is 6.54 Å². The second-order valence-corrected chi connectivity index (χ2v) is 7.36. The number of aromatic nitrogens is 1. The van der Waals surface area contributed by atoms with Gasteiger partial charge in [0, 0.05) is 19.3 Å². The van der Waals surface area contributed by atoms with Crippen molar-refractivity contribution < 1.29 is 19.4 Å². The van der Waals surface area contributed by atoms with Gasteiger partial charge in [-0.2, -0.15) is 0 Å². The Bertz CT molecular complexity index is 985. The van der Waals surface area contributed by atoms with Gasteiger partial charge in [-0.3, -0.25) is 14.4 Å². The van der Waals surface area contributed by atoms with Crippen LogP contribution in [0.5, 0.6) is 5.75 Å². The number of nitrogens with one attached hydrogen (secondary N) is 2. The Hall–Kier alpha value is -3.13. The summed E-state index contributed by atoms with van der Waals surface area (Å²) >= 11 is 0. The maximum absolute atomic E-state index is 12.8. The molecule has 30 heavy (non-hydrogen) atoms. The molecule has 1 saturated carbocycles. The third-order valence-corrected chi connectivity index (χ3v) is 5.19. The van der Waals surface area contributed by atoms with Crippen molar-refractivity contribution in [2.45, 2.75) is 32.4 Å². The van der Waals surface area contributed by atoms with E-state index in [2.05, 4.69) is 17.6 Å². The minimum atomic E-state index is -0.540. The van der Waals surface area contributed by atoms with Crippen molar-refractivity contribution in [1.29, 1.82) is 0 Å². The van der Waals surface area contributed by atoms with E-state index in [1.54, 1.807) is 18.2 Å². The van der Waals surface area contributed by atoms with E-state index in [9.17, 15) is 14.4 Å². The van der Waals surface area contributed by atoms with Crippen molar-refractivity contribution in [2.75, 3.05) is 20.3 Å². The second kappa shape index (κ2) is 9.58. The number of rotatable bonds is 9. The van der Waals surface area contributed by atoms with Crippen LogP contribution in [0.25, 0.3) is 0 Å². The zero-order chi connectivity index (χ0) is 21.7. The lowest BCUT2D eigenvalue weighted by Gasteiger charge is -2.13. The molecule has 1 aromatic heterocycles. The van der Waals surface area contributed by atoms with Crippen LogP contribution >= 0.6 is 0 Å². The number of aliphatic hydroxyl groups is 1. The van der Waals surface area contributed by atoms with Gasteiger partial charge in [-0.1, -0.05) is 25.5 Å². The topological polar surface area (TPSA) is 110 Å². The Morgan fingerprint density at radius 1 is 1.27 bits per heavy atom. The molecular formula is C22H27N3O5. The molecule has 2 aromatic rings. The Kier molecular flexibility index (Phi) is 6.89. The molecular weight excluding hydrogens is 386 g/mol. The van der Waals surface area contributed by atoms with E-state index in [0.29, 0.717) is 11.7 Å². The van der Waals surface area contributed by atoms with Gasteiger partial charge in [0.1, 0.15) is 17.9 Å². The van der Waals surface area contributed by atoms with Gasteiger partial charge in [-0.05, 0) is 36.1 Å². The van der Waals surface area contributed by atoms with Gasteiger partial charge >= 0.3 is 0 Å². The summed E-state index contributed by atoms with van der Waals surface area (Å²) in [5.41, 5.74) is 0.468. The molecule has 0 spiro atoms. The van der Waals surface area contributed by atoms with E-state index in [1.165, 1.54) is 23.9 Å². The summed E-state index contributed by atoms with van der Waals surface area (Å²) in [5.74, 6) is 0.213. The molecule has 3 rings (SSSR count). The smallest absolute Gasteiger partial charge is 0.263 e. The number of hydrogen-bond acceptors (Lipinski definition) is 5. The number of pyridine rings is 1. The number of benzene rings is 1. The molecule has 0 bridgehead atoms. The number of nitrogens with zero attached hydrogens (tertiary/aromatic N) is 1. The minimum absolute atomic E-state index is 0.0827. The summed E-state index contributed by atoms with van der Waals surface area (Å²) in [6.45, 7) is 2.32. The minimum Gasteiger partial charge on any atom is -0.491 e. The first-order chi connectivity index (χ1) is 14.5. The predicted octanol–water partition coefficient (Wildman–Crippen LogP) is 1.16. The molecule has 2 amide bonds. The third kappa shape index (κ3) is 5.07. The number of amides is 2. The van der Waals surface area contributed by atoms with E-state index in [4.69, 9.17) is 9.84 Å². The SMILES string of the molecule is CC[C@H]1C[C@@H]1NC(=O)c1cc(C(=O)NC)c(=O)n(Cc2cccc(OCCO)c2)c1. The van der Waals surface area contributed by atoms with Crippen molar-refractivity contribution >= 4 is 11.8 Å². The highest BCUT2D eigenvalue weighted by Crippen LogP contribution is 2.33. The standard InChI is InChI=1S/C22H27N3O5/c1-3-15-11-19(15)24-20(27)16-10-18(21(28)23-2)22(29)25(13-16)12-14-5-4-6-17(9-14)30-8-7-26/h4-6,9-10,13,15,19,26H,3,7-8,11-12H2,1-2H3,(H,23,28)(H,24,27)/t15-,19-/m0/s1. The highest BCUT2D eigenvalue weighted by Gasteiger charge is 2.36. The summed E-state index contributed by atoms with van der Waals surface area (Å²) in [6, 6.07) is 8.59. The van der Waals surface area contributed by atoms with Crippen LogP contribution in [0.2, 0.25) is 0 Å². The van der Waals surface area contributed by atoms with Gasteiger partial charge in [-0.15, -0.1) is 0 Å². The van der Waals surface area contributed by atoms with E-state index in [-0.39, 0.29) is 42.8 Å². The Labute approximate surface area is 174 Å². The average molecular weight is 413 g/mol. The van der Waals surface area contributed by atoms with Crippen molar-refractivity contribution in [2.24, 2.45) is 5.92 Å². The van der Waals surface area contributed by atoms with Crippen LogP contribution in [0, 0.1) is 5.92 Å². The molecule has 2 atom stereocenters. The number of ether oxygens (including phenoxy) is 1. The van der Waals surface area contributed by atoms with Crippen LogP contribution in [0.4, 0.5) is 0 Å². The highest BCUT2D eigenvalue weighted by atomic mass is 16.5. The van der Waals surface area contributed by atoms with Crippen molar-refractivity contribution in [3.63, 3.8) is 0 Å². The fraction of sp³-hybridized carbons (Fsp3) is 0.409. The summed E-state index contributed by atoms with van der Waals surface area (Å²) in [7, 11) is 1.44. The van der Waals surface area contributed by atoms with Gasteiger partial charge < -0.3 is 25.0 Å². The first-order valence-corrected chi connectivity index (χ1v) is 10.1. The number of carbonyl (C=O) groups excluding carboxylic acids is 2. The van der Waals surface area contributed by atoms with Crippen LogP contribution in [0.3, 0.4) is 0 Å². The molecule has 0 saturated heterocycles. The molecule has 1 aliphatic carbocycles. The van der Waals surface area contributed by atoms with Crippen molar-refractivity contribution in [1.82, 2.24) is 15.2 Å². The van der Waals surface area contributed by atoms with Crippen LogP contribution in [-0.4, -0.2) is 47.8 Å². The van der Waals surface area contributed by atoms with E-state index >= 15 is 0 Å². The molecule has 3 N–H and O–H groups in total. The molecule has 1 aromatic carbocycles. The molecule has 1 heterocycles. The predicted molar refractivity (Wildman–Crippen MR) is 112 cm³/mol. The summed E-state index contributed by atoms with van der Waals surface area (Å²) in [4.78, 5) is 37.8. The number of hydrogen-bond donors (Lipinski definition) is 3. The quantitative estimate of drug-likeness (QED) is 0.571. The van der Waals surface area contributed by atoms with Crippen molar-refractivity contribution in [3.05, 3.63) is 63.6 Å². The van der Waals surface area contributed by atoms with E-state index in [1.807, 2.05) is 6.07 Å². The summed E-state index contributed by atoms with van der Waals surface area (Å²) in [6.07, 6.45) is 3.43. The molecule has 160 valence electrons. The molecule has 8 heteroatoms. The molecule has 1 aliphatic rings. The molecule has 0 radical (unpaired) electrons. The van der Waals surface area contributed by atoms with E-state index < -0.39 is 11.5 Å². The maximum atomic E-state index is 12.8. The lowest BCUT2D eigenvalue weighted by molar-refractivity contribution is 0.0948. The Morgan fingerprint density at radius 2 is 2.07 bits per heavy atom. The third-order valence-electron chi connectivity index (χ3n) is 5.19. The van der Waals surface area contributed by atoms with Gasteiger partial charge in [0.05, 0.1) is 18.7 Å². The molecule has 0 aliphatic heterocycles. The first-order valence-electron chi connectivity index (χ1n) is 10.1. The van der Waals surface area contributed by atoms with Gasteiger partial charge in [-0.25, -0.2) is 0 Å². The summed E-state index contributed by atoms with van der Waals surface area (Å²) in [5, 5.41) is 14.3. The fourth-order valence-electron chi connectivity index (χ4n) is 3.40. The van der Waals surface area contributed by atoms with Gasteiger partial charge in [0.15, 0.2) is 0 Å². The first kappa shape index (κ1) is 21.6. The molecule has 8 nitrogen and oxygen atoms in total. The lowest BCUT2D eigenvalue weighted by atomic mass is 10.1. The monoisotopic (exact) mass is 413 g/mol. The van der Waals surface area contributed by atoms with Crippen LogP contribution in [0.1, 0.15) is 46.0 Å². The zero-order valence-electron chi connectivity index (χ0n) is 17.2. The molecule has 0 unspecified atom stereocenters. The normalized spacial score (nSPS) is 17.3. The van der Waals surface area contributed by atoms with Gasteiger partial charge in [0.25, 0.3) is 17.4 Å². The largest absolute Gasteiger partial charge is 0.491 e. The fourth-order valence-corrected chi connectivity index (χ4v) is 3.40. The van der Waals surface area contributed by atoms with Gasteiger partial charge in [0.2, 0.25) is 0 Å². The Morgan fingerprint density at radius 3 is 2.73 bits per heavy atom. The van der Waals surface area contributed by atoms with Crippen LogP contribution < -0.4 is 20.9 Å². The highest BCUT2D eigenvalue weighted by molar-refractivity contribution is 5.99. The van der Waals surface area contributed by atoms with E-state index in [0.717, 1.165) is 18.4 Å². The second-order valence-electron chi connectivity index (χ2n) is 7.36. The Balaban J connectivity index is 1.90.